The second-order valence-corrected chi connectivity index (χ2v) is 9.37. The fraction of sp³-hybridized carbons (Fsp3) is 0.474. The lowest BCUT2D eigenvalue weighted by Crippen LogP contribution is -2.40. The van der Waals surface area contributed by atoms with Crippen LogP contribution in [0, 0.1) is 11.3 Å². The number of hydrogen-bond acceptors (Lipinski definition) is 4. The van der Waals surface area contributed by atoms with Crippen LogP contribution in [0.15, 0.2) is 30.3 Å². The van der Waals surface area contributed by atoms with Crippen LogP contribution < -0.4 is 4.72 Å². The Morgan fingerprint density at radius 1 is 1.19 bits per heavy atom. The standard InChI is InChI=1S/C19H24N4O2S/c1-13(2)26(24,25)23-16-10-8-15(9-11-16)19-17(12-20)18(21-22-19)14-6-4-3-5-7-14/h3-7,13,15-16,23H,8-11H2,1-2H3,(H,21,22)/t15-,16-. The van der Waals surface area contributed by atoms with E-state index in [-0.39, 0.29) is 12.0 Å². The normalized spacial score (nSPS) is 20.8. The van der Waals surface area contributed by atoms with Gasteiger partial charge in [-0.25, -0.2) is 13.1 Å². The highest BCUT2D eigenvalue weighted by Gasteiger charge is 2.30. The Kier molecular flexibility index (Phi) is 5.44. The minimum absolute atomic E-state index is 0.0271. The molecule has 1 aromatic carbocycles. The Labute approximate surface area is 154 Å². The number of nitriles is 1. The van der Waals surface area contributed by atoms with Gasteiger partial charge in [-0.1, -0.05) is 30.3 Å². The van der Waals surface area contributed by atoms with E-state index in [9.17, 15) is 13.7 Å². The number of rotatable bonds is 5. The fourth-order valence-corrected chi connectivity index (χ4v) is 4.41. The van der Waals surface area contributed by atoms with Crippen LogP contribution in [0.1, 0.15) is 56.7 Å². The van der Waals surface area contributed by atoms with Gasteiger partial charge >= 0.3 is 0 Å². The van der Waals surface area contributed by atoms with Crippen molar-refractivity contribution in [3.05, 3.63) is 41.6 Å². The molecule has 138 valence electrons. The van der Waals surface area contributed by atoms with Gasteiger partial charge in [0, 0.05) is 17.5 Å². The summed E-state index contributed by atoms with van der Waals surface area (Å²) < 4.78 is 26.9. The first-order valence-electron chi connectivity index (χ1n) is 8.97. The number of nitrogens with one attached hydrogen (secondary N) is 2. The van der Waals surface area contributed by atoms with E-state index < -0.39 is 15.3 Å². The molecule has 0 saturated heterocycles. The van der Waals surface area contributed by atoms with E-state index in [0.29, 0.717) is 11.3 Å². The monoisotopic (exact) mass is 372 g/mol. The predicted molar refractivity (Wildman–Crippen MR) is 101 cm³/mol. The third-order valence-corrected chi connectivity index (χ3v) is 6.94. The van der Waals surface area contributed by atoms with Crippen LogP contribution in [0.4, 0.5) is 0 Å². The smallest absolute Gasteiger partial charge is 0.214 e. The van der Waals surface area contributed by atoms with Crippen LogP contribution in [0.3, 0.4) is 0 Å². The molecule has 0 amide bonds. The molecule has 1 aromatic heterocycles. The molecule has 26 heavy (non-hydrogen) atoms. The maximum Gasteiger partial charge on any atom is 0.214 e. The van der Waals surface area contributed by atoms with Crippen LogP contribution in [0.5, 0.6) is 0 Å². The van der Waals surface area contributed by atoms with E-state index in [4.69, 9.17) is 0 Å². The zero-order chi connectivity index (χ0) is 18.7. The zero-order valence-corrected chi connectivity index (χ0v) is 15.9. The molecule has 0 bridgehead atoms. The van der Waals surface area contributed by atoms with Crippen molar-refractivity contribution in [3.8, 4) is 17.3 Å². The van der Waals surface area contributed by atoms with E-state index in [1.165, 1.54) is 0 Å². The van der Waals surface area contributed by atoms with Crippen molar-refractivity contribution in [3.63, 3.8) is 0 Å². The van der Waals surface area contributed by atoms with Crippen molar-refractivity contribution in [2.45, 2.75) is 56.7 Å². The molecule has 1 aliphatic carbocycles. The number of aromatic amines is 1. The van der Waals surface area contributed by atoms with E-state index in [1.54, 1.807) is 13.8 Å². The average molecular weight is 372 g/mol. The Morgan fingerprint density at radius 2 is 1.85 bits per heavy atom. The summed E-state index contributed by atoms with van der Waals surface area (Å²) in [7, 11) is -3.25. The van der Waals surface area contributed by atoms with Crippen LogP contribution in [-0.2, 0) is 10.0 Å². The van der Waals surface area contributed by atoms with Gasteiger partial charge in [0.25, 0.3) is 0 Å². The van der Waals surface area contributed by atoms with Gasteiger partial charge in [-0.15, -0.1) is 0 Å². The second-order valence-electron chi connectivity index (χ2n) is 7.10. The van der Waals surface area contributed by atoms with Gasteiger partial charge in [0.05, 0.1) is 10.9 Å². The fourth-order valence-electron chi connectivity index (χ4n) is 3.44. The van der Waals surface area contributed by atoms with Crippen molar-refractivity contribution in [2.24, 2.45) is 0 Å². The van der Waals surface area contributed by atoms with Crippen molar-refractivity contribution in [1.29, 1.82) is 5.26 Å². The molecule has 0 aliphatic heterocycles. The lowest BCUT2D eigenvalue weighted by Gasteiger charge is -2.29. The maximum atomic E-state index is 12.0. The van der Waals surface area contributed by atoms with Crippen LogP contribution >= 0.6 is 0 Å². The highest BCUT2D eigenvalue weighted by atomic mass is 32.2. The molecule has 7 heteroatoms. The van der Waals surface area contributed by atoms with Gasteiger partial charge in [-0.3, -0.25) is 5.10 Å². The van der Waals surface area contributed by atoms with Gasteiger partial charge in [-0.05, 0) is 39.5 Å². The van der Waals surface area contributed by atoms with E-state index in [0.717, 1.165) is 36.9 Å². The Balaban J connectivity index is 1.73. The Morgan fingerprint density at radius 3 is 2.42 bits per heavy atom. The Bertz CT molecular complexity index is 889. The van der Waals surface area contributed by atoms with E-state index >= 15 is 0 Å². The lowest BCUT2D eigenvalue weighted by molar-refractivity contribution is 0.368. The highest BCUT2D eigenvalue weighted by Crippen LogP contribution is 2.36. The molecule has 3 rings (SSSR count). The predicted octanol–water partition coefficient (Wildman–Crippen LogP) is 3.30. The maximum absolute atomic E-state index is 12.0. The number of H-pyrrole nitrogens is 1. The molecule has 2 N–H and O–H groups in total. The van der Waals surface area contributed by atoms with Gasteiger partial charge in [0.2, 0.25) is 10.0 Å². The number of hydrogen-bond donors (Lipinski definition) is 2. The molecule has 1 fully saturated rings. The molecule has 0 atom stereocenters. The van der Waals surface area contributed by atoms with Gasteiger partial charge in [-0.2, -0.15) is 10.4 Å². The number of sulfonamides is 1. The SMILES string of the molecule is CC(C)S(=O)(=O)N[C@H]1CC[C@H](c2[nH]nc(-c3ccccc3)c2C#N)CC1. The summed E-state index contributed by atoms with van der Waals surface area (Å²) in [4.78, 5) is 0. The number of nitrogens with zero attached hydrogens (tertiary/aromatic N) is 2. The minimum Gasteiger partial charge on any atom is -0.280 e. The topological polar surface area (TPSA) is 98.6 Å². The first-order valence-corrected chi connectivity index (χ1v) is 10.5. The summed E-state index contributed by atoms with van der Waals surface area (Å²) in [5.41, 5.74) is 3.08. The van der Waals surface area contributed by atoms with Crippen molar-refractivity contribution in [1.82, 2.24) is 14.9 Å². The van der Waals surface area contributed by atoms with Crippen LogP contribution in [0.25, 0.3) is 11.3 Å². The van der Waals surface area contributed by atoms with Crippen molar-refractivity contribution < 1.29 is 8.42 Å². The Hall–Kier alpha value is -2.17. The van der Waals surface area contributed by atoms with Gasteiger partial charge in [0.1, 0.15) is 17.3 Å². The zero-order valence-electron chi connectivity index (χ0n) is 15.1. The molecular weight excluding hydrogens is 348 g/mol. The summed E-state index contributed by atoms with van der Waals surface area (Å²) in [6.45, 7) is 3.37. The van der Waals surface area contributed by atoms with Crippen LogP contribution in [-0.4, -0.2) is 29.9 Å². The lowest BCUT2D eigenvalue weighted by atomic mass is 9.83. The van der Waals surface area contributed by atoms with E-state index in [1.807, 2.05) is 30.3 Å². The van der Waals surface area contributed by atoms with Crippen molar-refractivity contribution in [2.75, 3.05) is 0 Å². The second kappa shape index (κ2) is 7.60. The third-order valence-electron chi connectivity index (χ3n) is 5.04. The molecule has 1 heterocycles. The van der Waals surface area contributed by atoms with E-state index in [2.05, 4.69) is 21.0 Å². The van der Waals surface area contributed by atoms with Crippen molar-refractivity contribution >= 4 is 10.0 Å². The molecule has 0 spiro atoms. The first-order chi connectivity index (χ1) is 12.4. The summed E-state index contributed by atoms with van der Waals surface area (Å²) in [6.07, 6.45) is 3.19. The minimum atomic E-state index is -3.25. The quantitative estimate of drug-likeness (QED) is 0.841. The van der Waals surface area contributed by atoms with Gasteiger partial charge in [0.15, 0.2) is 0 Å². The third kappa shape index (κ3) is 3.81. The van der Waals surface area contributed by atoms with Crippen LogP contribution in [0.2, 0.25) is 0 Å². The summed E-state index contributed by atoms with van der Waals surface area (Å²) in [6, 6.07) is 11.9. The number of benzene rings is 1. The molecule has 2 aromatic rings. The summed E-state index contributed by atoms with van der Waals surface area (Å²) in [5.74, 6) is 0.203. The molecular formula is C19H24N4O2S. The summed E-state index contributed by atoms with van der Waals surface area (Å²) in [5, 5.41) is 16.7. The van der Waals surface area contributed by atoms with Gasteiger partial charge < -0.3 is 0 Å². The average Bonchev–Trinajstić information content (AvgIpc) is 3.06. The summed E-state index contributed by atoms with van der Waals surface area (Å²) >= 11 is 0. The molecule has 6 nitrogen and oxygen atoms in total. The molecule has 1 aliphatic rings. The molecule has 0 unspecified atom stereocenters. The molecule has 1 saturated carbocycles. The highest BCUT2D eigenvalue weighted by molar-refractivity contribution is 7.90. The largest absolute Gasteiger partial charge is 0.280 e. The number of aromatic nitrogens is 2. The molecule has 0 radical (unpaired) electrons. The first kappa shape index (κ1) is 18.6.